The second-order valence-electron chi connectivity index (χ2n) is 5.35. The molecule has 0 N–H and O–H groups in total. The highest BCUT2D eigenvalue weighted by Crippen LogP contribution is 2.26. The number of hydrogen-bond acceptors (Lipinski definition) is 6. The molecule has 3 rings (SSSR count). The molecule has 2 heterocycles. The highest BCUT2D eigenvalue weighted by molar-refractivity contribution is 7.13. The lowest BCUT2D eigenvalue weighted by atomic mass is 10.1. The Morgan fingerprint density at radius 3 is 2.61 bits per heavy atom. The van der Waals surface area contributed by atoms with E-state index < -0.39 is 12.1 Å². The number of carbonyl (C=O) groups excluding carboxylic acids is 1. The van der Waals surface area contributed by atoms with Gasteiger partial charge in [0, 0.05) is 0 Å². The molecular weight excluding hydrogens is 312 g/mol. The van der Waals surface area contributed by atoms with E-state index in [0.717, 1.165) is 16.0 Å². The Kier molecular flexibility index (Phi) is 4.25. The first kappa shape index (κ1) is 15.4. The number of ether oxygens (including phenoxy) is 1. The largest absolute Gasteiger partial charge is 0.449 e. The molecular formula is C17H16N2O3S. The number of benzene rings is 1. The zero-order valence-corrected chi connectivity index (χ0v) is 13.9. The fourth-order valence-electron chi connectivity index (χ4n) is 2.27. The van der Waals surface area contributed by atoms with Crippen LogP contribution in [0.15, 0.2) is 40.1 Å². The number of esters is 1. The minimum atomic E-state index is -0.607. The molecule has 0 aliphatic carbocycles. The standard InChI is InChI=1S/C17H16N2O3S/c1-10-7-11(2)9-13(8-10)17(20)21-12(3)15-18-19-16(22-15)14-5-4-6-23-14/h4-9,12H,1-3H3/t12-/m0/s1. The van der Waals surface area contributed by atoms with Gasteiger partial charge in [0.15, 0.2) is 6.10 Å². The van der Waals surface area contributed by atoms with E-state index in [9.17, 15) is 4.79 Å². The normalized spacial score (nSPS) is 12.1. The molecule has 0 radical (unpaired) electrons. The Bertz CT molecular complexity index is 804. The lowest BCUT2D eigenvalue weighted by Gasteiger charge is -2.10. The van der Waals surface area contributed by atoms with Crippen molar-refractivity contribution in [2.75, 3.05) is 0 Å². The summed E-state index contributed by atoms with van der Waals surface area (Å²) in [5, 5.41) is 9.89. The average Bonchev–Trinajstić information content (AvgIpc) is 3.17. The summed E-state index contributed by atoms with van der Waals surface area (Å²) in [6.07, 6.45) is -0.607. The van der Waals surface area contributed by atoms with Gasteiger partial charge in [0.1, 0.15) is 0 Å². The topological polar surface area (TPSA) is 65.2 Å². The molecule has 0 bridgehead atoms. The zero-order chi connectivity index (χ0) is 16.4. The summed E-state index contributed by atoms with van der Waals surface area (Å²) in [5.74, 6) is 0.315. The Labute approximate surface area is 137 Å². The highest BCUT2D eigenvalue weighted by atomic mass is 32.1. The third kappa shape index (κ3) is 3.48. The first-order chi connectivity index (χ1) is 11.0. The number of thiophene rings is 1. The summed E-state index contributed by atoms with van der Waals surface area (Å²) >= 11 is 1.51. The van der Waals surface area contributed by atoms with Crippen molar-refractivity contribution in [1.29, 1.82) is 0 Å². The molecule has 23 heavy (non-hydrogen) atoms. The molecule has 118 valence electrons. The van der Waals surface area contributed by atoms with Crippen LogP contribution >= 0.6 is 11.3 Å². The van der Waals surface area contributed by atoms with Crippen molar-refractivity contribution in [2.45, 2.75) is 26.9 Å². The van der Waals surface area contributed by atoms with Gasteiger partial charge in [-0.15, -0.1) is 21.5 Å². The molecule has 5 nitrogen and oxygen atoms in total. The van der Waals surface area contributed by atoms with E-state index in [1.807, 2.05) is 37.4 Å². The van der Waals surface area contributed by atoms with E-state index in [1.54, 1.807) is 19.1 Å². The summed E-state index contributed by atoms with van der Waals surface area (Å²) in [5.41, 5.74) is 2.55. The number of carbonyl (C=O) groups is 1. The van der Waals surface area contributed by atoms with Crippen LogP contribution in [-0.2, 0) is 4.74 Å². The van der Waals surface area contributed by atoms with Crippen molar-refractivity contribution in [1.82, 2.24) is 10.2 Å². The van der Waals surface area contributed by atoms with Crippen molar-refractivity contribution < 1.29 is 13.9 Å². The summed E-state index contributed by atoms with van der Waals surface area (Å²) < 4.78 is 11.0. The van der Waals surface area contributed by atoms with Crippen molar-refractivity contribution in [3.8, 4) is 10.8 Å². The Balaban J connectivity index is 1.73. The van der Waals surface area contributed by atoms with E-state index in [4.69, 9.17) is 9.15 Å². The zero-order valence-electron chi connectivity index (χ0n) is 13.1. The molecule has 0 unspecified atom stereocenters. The first-order valence-electron chi connectivity index (χ1n) is 7.19. The predicted octanol–water partition coefficient (Wildman–Crippen LogP) is 4.33. The number of nitrogens with zero attached hydrogens (tertiary/aromatic N) is 2. The van der Waals surface area contributed by atoms with Crippen molar-refractivity contribution in [3.05, 3.63) is 58.3 Å². The van der Waals surface area contributed by atoms with Gasteiger partial charge in [0.25, 0.3) is 11.8 Å². The van der Waals surface area contributed by atoms with Gasteiger partial charge in [-0.05, 0) is 44.4 Å². The first-order valence-corrected chi connectivity index (χ1v) is 8.07. The predicted molar refractivity (Wildman–Crippen MR) is 87.4 cm³/mol. The molecule has 0 saturated carbocycles. The van der Waals surface area contributed by atoms with Crippen LogP contribution in [-0.4, -0.2) is 16.2 Å². The SMILES string of the molecule is Cc1cc(C)cc(C(=O)O[C@@H](C)c2nnc(-c3cccs3)o2)c1. The number of aryl methyl sites for hydroxylation is 2. The van der Waals surface area contributed by atoms with E-state index in [-0.39, 0.29) is 5.89 Å². The van der Waals surface area contributed by atoms with Gasteiger partial charge in [0.2, 0.25) is 0 Å². The van der Waals surface area contributed by atoms with Crippen LogP contribution in [0.25, 0.3) is 10.8 Å². The minimum absolute atomic E-state index is 0.283. The van der Waals surface area contributed by atoms with Crippen LogP contribution in [0, 0.1) is 13.8 Å². The lowest BCUT2D eigenvalue weighted by Crippen LogP contribution is -2.10. The number of aromatic nitrogens is 2. The molecule has 0 saturated heterocycles. The lowest BCUT2D eigenvalue weighted by molar-refractivity contribution is 0.0279. The van der Waals surface area contributed by atoms with Crippen LogP contribution in [0.5, 0.6) is 0 Å². The van der Waals surface area contributed by atoms with Crippen LogP contribution < -0.4 is 0 Å². The van der Waals surface area contributed by atoms with Gasteiger partial charge in [-0.1, -0.05) is 23.3 Å². The van der Waals surface area contributed by atoms with Gasteiger partial charge < -0.3 is 9.15 Å². The summed E-state index contributed by atoms with van der Waals surface area (Å²) in [6, 6.07) is 9.41. The molecule has 3 aromatic rings. The fourth-order valence-corrected chi connectivity index (χ4v) is 2.91. The second kappa shape index (κ2) is 6.34. The third-order valence-electron chi connectivity index (χ3n) is 3.26. The summed E-state index contributed by atoms with van der Waals surface area (Å²) in [6.45, 7) is 5.60. The maximum Gasteiger partial charge on any atom is 0.338 e. The Morgan fingerprint density at radius 1 is 1.22 bits per heavy atom. The molecule has 0 amide bonds. The van der Waals surface area contributed by atoms with Gasteiger partial charge in [-0.3, -0.25) is 0 Å². The van der Waals surface area contributed by atoms with Crippen molar-refractivity contribution in [3.63, 3.8) is 0 Å². The van der Waals surface area contributed by atoms with Crippen LogP contribution in [0.4, 0.5) is 0 Å². The molecule has 1 atom stereocenters. The molecule has 0 aliphatic rings. The third-order valence-corrected chi connectivity index (χ3v) is 4.12. The van der Waals surface area contributed by atoms with E-state index >= 15 is 0 Å². The Morgan fingerprint density at radius 2 is 1.96 bits per heavy atom. The van der Waals surface area contributed by atoms with Gasteiger partial charge >= 0.3 is 5.97 Å². The van der Waals surface area contributed by atoms with Crippen molar-refractivity contribution in [2.24, 2.45) is 0 Å². The van der Waals surface area contributed by atoms with Gasteiger partial charge in [0.05, 0.1) is 10.4 Å². The molecule has 2 aromatic heterocycles. The van der Waals surface area contributed by atoms with Crippen LogP contribution in [0.1, 0.15) is 40.4 Å². The monoisotopic (exact) mass is 328 g/mol. The number of rotatable bonds is 4. The fraction of sp³-hybridized carbons (Fsp3) is 0.235. The number of hydrogen-bond donors (Lipinski definition) is 0. The van der Waals surface area contributed by atoms with Crippen molar-refractivity contribution >= 4 is 17.3 Å². The average molecular weight is 328 g/mol. The quantitative estimate of drug-likeness (QED) is 0.667. The smallest absolute Gasteiger partial charge is 0.338 e. The van der Waals surface area contributed by atoms with Gasteiger partial charge in [-0.2, -0.15) is 0 Å². The summed E-state index contributed by atoms with van der Waals surface area (Å²) in [7, 11) is 0. The van der Waals surface area contributed by atoms with E-state index in [0.29, 0.717) is 11.5 Å². The van der Waals surface area contributed by atoms with E-state index in [2.05, 4.69) is 10.2 Å². The molecule has 6 heteroatoms. The molecule has 0 fully saturated rings. The second-order valence-corrected chi connectivity index (χ2v) is 6.29. The molecule has 0 aliphatic heterocycles. The van der Waals surface area contributed by atoms with Crippen LogP contribution in [0.2, 0.25) is 0 Å². The van der Waals surface area contributed by atoms with Crippen LogP contribution in [0.3, 0.4) is 0 Å². The maximum atomic E-state index is 12.3. The maximum absolute atomic E-state index is 12.3. The Hall–Kier alpha value is -2.47. The highest BCUT2D eigenvalue weighted by Gasteiger charge is 2.20. The minimum Gasteiger partial charge on any atom is -0.449 e. The molecule has 1 aromatic carbocycles. The molecule has 0 spiro atoms. The van der Waals surface area contributed by atoms with E-state index in [1.165, 1.54) is 11.3 Å². The summed E-state index contributed by atoms with van der Waals surface area (Å²) in [4.78, 5) is 13.1. The van der Waals surface area contributed by atoms with Gasteiger partial charge in [-0.25, -0.2) is 4.79 Å².